The molecule has 0 fully saturated rings. The summed E-state index contributed by atoms with van der Waals surface area (Å²) in [6, 6.07) is 0. The molecule has 60 valence electrons. The van der Waals surface area contributed by atoms with E-state index in [1.165, 1.54) is 0 Å². The van der Waals surface area contributed by atoms with Crippen molar-refractivity contribution in [1.29, 1.82) is 0 Å². The second-order valence-electron chi connectivity index (χ2n) is 1.41. The van der Waals surface area contributed by atoms with Crippen molar-refractivity contribution in [2.24, 2.45) is 0 Å². The van der Waals surface area contributed by atoms with Gasteiger partial charge in [-0.25, -0.2) is 0 Å². The van der Waals surface area contributed by atoms with E-state index in [4.69, 9.17) is 0 Å². The molecule has 0 rings (SSSR count). The molecule has 0 aliphatic carbocycles. The zero-order valence-electron chi connectivity index (χ0n) is 8.55. The van der Waals surface area contributed by atoms with Gasteiger partial charge in [0, 0.05) is 0 Å². The molecule has 0 bridgehead atoms. The van der Waals surface area contributed by atoms with Crippen LogP contribution in [0.2, 0.25) is 0 Å². The van der Waals surface area contributed by atoms with E-state index in [0.29, 0.717) is 0 Å². The minimum Gasteiger partial charge on any atom is -0.807 e. The Balaban J connectivity index is -0.0000000675. The molecule has 0 unspecified atom stereocenters. The van der Waals surface area contributed by atoms with Crippen LogP contribution in [0.1, 0.15) is 0 Å². The predicted octanol–water partition coefficient (Wildman–Crippen LogP) is -14.7. The van der Waals surface area contributed by atoms with E-state index in [-0.39, 0.29) is 206 Å². The Morgan fingerprint density at radius 3 is 0.929 bits per heavy atom. The maximum atomic E-state index is 9.78. The number of hydrogen-bond donors (Lipinski definition) is 0. The summed E-state index contributed by atoms with van der Waals surface area (Å²) in [5.74, 6) is 0. The van der Waals surface area contributed by atoms with Crippen molar-refractivity contribution in [3.05, 3.63) is 11.6 Å². The summed E-state index contributed by atoms with van der Waals surface area (Å²) in [6.07, 6.45) is 0. The molecule has 0 aromatic carbocycles. The van der Waals surface area contributed by atoms with Gasteiger partial charge in [-0.15, -0.1) is 0 Å². The molecule has 0 radical (unpaired) electrons. The topological polar surface area (TPSA) is 126 Å². The molecule has 0 aliphatic heterocycles. The van der Waals surface area contributed by atoms with E-state index in [0.717, 1.165) is 0 Å². The fourth-order valence-corrected chi connectivity index (χ4v) is 1.35. The Morgan fingerprint density at radius 2 is 0.929 bits per heavy atom. The van der Waals surface area contributed by atoms with Gasteiger partial charge in [-0.05, 0) is 20.2 Å². The van der Waals surface area contributed by atoms with Crippen molar-refractivity contribution in [3.8, 4) is 0 Å². The third-order valence-electron chi connectivity index (χ3n) is 0.632. The Bertz CT molecular complexity index is 218. The standard InChI is InChI=1S/C2H6O6P2.4K/c1-2(9(3,4)5)10(6,7)8;;;;/h1H2,(H2,3,4,5)(H2,6,7,8);;;;/q;4*+1/p-4. The maximum Gasteiger partial charge on any atom is 1.00 e. The van der Waals surface area contributed by atoms with Gasteiger partial charge >= 0.3 is 206 Å². The first-order valence-corrected chi connectivity index (χ1v) is 4.98. The van der Waals surface area contributed by atoms with E-state index >= 15 is 0 Å². The summed E-state index contributed by atoms with van der Waals surface area (Å²) in [4.78, 5) is 39.1. The van der Waals surface area contributed by atoms with Crippen molar-refractivity contribution in [2.45, 2.75) is 0 Å². The van der Waals surface area contributed by atoms with Gasteiger partial charge in [0.15, 0.2) is 0 Å². The summed E-state index contributed by atoms with van der Waals surface area (Å²) >= 11 is 0. The quantitative estimate of drug-likeness (QED) is 0.363. The van der Waals surface area contributed by atoms with Gasteiger partial charge in [0.25, 0.3) is 0 Å². The Morgan fingerprint density at radius 1 is 0.786 bits per heavy atom. The Labute approximate surface area is 252 Å². The van der Waals surface area contributed by atoms with Gasteiger partial charge in [0.05, 0.1) is 0 Å². The molecule has 0 aromatic heterocycles. The average Bonchev–Trinajstić information content (AvgIpc) is 1.59. The van der Waals surface area contributed by atoms with Gasteiger partial charge < -0.3 is 28.7 Å². The SMILES string of the molecule is C=C(P(=O)([O-])[O-])P(=O)([O-])[O-].[K+].[K+].[K+].[K+]. The molecule has 0 atom stereocenters. The molecule has 0 spiro atoms. The first-order valence-electron chi connectivity index (χ1n) is 1.90. The molecule has 6 nitrogen and oxygen atoms in total. The molecule has 0 amide bonds. The van der Waals surface area contributed by atoms with Crippen LogP contribution in [0.25, 0.3) is 0 Å². The second-order valence-corrected chi connectivity index (χ2v) is 4.83. The molecule has 0 aromatic rings. The molecule has 0 saturated carbocycles. The molecule has 0 saturated heterocycles. The van der Waals surface area contributed by atoms with Crippen molar-refractivity contribution < 1.29 is 234 Å². The zero-order chi connectivity index (χ0) is 8.58. The van der Waals surface area contributed by atoms with Crippen molar-refractivity contribution in [3.63, 3.8) is 0 Å². The third kappa shape index (κ3) is 16.6. The minimum absolute atomic E-state index is 0. The molecule has 0 N–H and O–H groups in total. The zero-order valence-corrected chi connectivity index (χ0v) is 22.8. The van der Waals surface area contributed by atoms with Crippen LogP contribution >= 0.6 is 15.2 Å². The van der Waals surface area contributed by atoms with Crippen LogP contribution in [0.4, 0.5) is 0 Å². The van der Waals surface area contributed by atoms with E-state index < -0.39 is 20.2 Å². The van der Waals surface area contributed by atoms with Gasteiger partial charge in [-0.2, -0.15) is 0 Å². The first-order chi connectivity index (χ1) is 4.15. The fourth-order valence-electron chi connectivity index (χ4n) is 0.150. The van der Waals surface area contributed by atoms with E-state index in [9.17, 15) is 28.7 Å². The maximum absolute atomic E-state index is 9.78. The van der Waals surface area contributed by atoms with E-state index in [2.05, 4.69) is 6.58 Å². The number of hydrogen-bond acceptors (Lipinski definition) is 6. The van der Waals surface area contributed by atoms with Crippen molar-refractivity contribution >= 4 is 15.2 Å². The summed E-state index contributed by atoms with van der Waals surface area (Å²) in [7, 11) is -10.9. The van der Waals surface area contributed by atoms with Crippen LogP contribution in [0.3, 0.4) is 0 Å². The molecule has 0 heterocycles. The van der Waals surface area contributed by atoms with Gasteiger partial charge in [-0.3, -0.25) is 0 Å². The first kappa shape index (κ1) is 32.5. The molecular formula is C2H2K4O6P2. The number of rotatable bonds is 2. The molecule has 12 heteroatoms. The van der Waals surface area contributed by atoms with E-state index in [1.54, 1.807) is 0 Å². The van der Waals surface area contributed by atoms with E-state index in [1.807, 2.05) is 0 Å². The smallest absolute Gasteiger partial charge is 0.807 e. The average molecular weight is 340 g/mol. The van der Waals surface area contributed by atoms with Crippen LogP contribution < -0.4 is 225 Å². The Hall–Kier alpha value is 6.59. The van der Waals surface area contributed by atoms with Crippen LogP contribution in [0, 0.1) is 0 Å². The van der Waals surface area contributed by atoms with Crippen LogP contribution in [0.15, 0.2) is 11.6 Å². The summed E-state index contributed by atoms with van der Waals surface area (Å²) in [5.41, 5.74) is 0. The largest absolute Gasteiger partial charge is 1.00 e. The van der Waals surface area contributed by atoms with Crippen LogP contribution in [-0.4, -0.2) is 0 Å². The summed E-state index contributed by atoms with van der Waals surface area (Å²) in [5, 5.41) is -1.79. The molecule has 0 aliphatic rings. The predicted molar refractivity (Wildman–Crippen MR) is 24.4 cm³/mol. The normalized spacial score (nSPS) is 9.43. The van der Waals surface area contributed by atoms with Crippen LogP contribution in [0.5, 0.6) is 0 Å². The molecule has 14 heavy (non-hydrogen) atoms. The molecular weight excluding hydrogens is 338 g/mol. The summed E-state index contributed by atoms with van der Waals surface area (Å²) in [6.45, 7) is 2.32. The third-order valence-corrected chi connectivity index (χ3v) is 3.37. The van der Waals surface area contributed by atoms with Gasteiger partial charge in [0.2, 0.25) is 0 Å². The van der Waals surface area contributed by atoms with Gasteiger partial charge in [-0.1, -0.05) is 6.58 Å². The monoisotopic (exact) mass is 340 g/mol. The van der Waals surface area contributed by atoms with Gasteiger partial charge in [0.1, 0.15) is 0 Å². The second kappa shape index (κ2) is 14.5. The Kier molecular flexibility index (Phi) is 33.7. The minimum atomic E-state index is -5.46. The van der Waals surface area contributed by atoms with Crippen LogP contribution in [-0.2, 0) is 9.13 Å². The van der Waals surface area contributed by atoms with Crippen molar-refractivity contribution in [1.82, 2.24) is 0 Å². The fraction of sp³-hybridized carbons (Fsp3) is 0. The van der Waals surface area contributed by atoms with Crippen molar-refractivity contribution in [2.75, 3.05) is 0 Å². The summed E-state index contributed by atoms with van der Waals surface area (Å²) < 4.78 is 19.6.